The van der Waals surface area contributed by atoms with Gasteiger partial charge >= 0.3 is 0 Å². The van der Waals surface area contributed by atoms with Gasteiger partial charge in [-0.25, -0.2) is 0 Å². The van der Waals surface area contributed by atoms with Crippen LogP contribution in [0.5, 0.6) is 0 Å². The first kappa shape index (κ1) is 13.2. The average molecular weight is 350 g/mol. The summed E-state index contributed by atoms with van der Waals surface area (Å²) < 4.78 is 0. The van der Waals surface area contributed by atoms with Crippen molar-refractivity contribution in [2.75, 3.05) is 0 Å². The molecule has 0 nitrogen and oxygen atoms in total. The van der Waals surface area contributed by atoms with Gasteiger partial charge in [-0.3, -0.25) is 0 Å². The second kappa shape index (κ2) is 5.62. The molecule has 0 amide bonds. The van der Waals surface area contributed by atoms with Crippen LogP contribution in [0.25, 0.3) is 0 Å². The lowest BCUT2D eigenvalue weighted by atomic mass is 10.1. The molecule has 2 rings (SSSR count). The number of halogens is 4. The molecule has 0 aliphatic heterocycles. The molecular weight excluding hydrogens is 342 g/mol. The minimum atomic E-state index is 0.0518. The largest absolute Gasteiger partial charge is 0.0843 e. The van der Waals surface area contributed by atoms with Crippen LogP contribution in [0, 0.1) is 0 Å². The predicted octanol–water partition coefficient (Wildman–Crippen LogP) is 6.13. The van der Waals surface area contributed by atoms with Gasteiger partial charge in [0.25, 0.3) is 0 Å². The van der Waals surface area contributed by atoms with Gasteiger partial charge in [0.1, 0.15) is 0 Å². The van der Waals surface area contributed by atoms with E-state index in [0.29, 0.717) is 15.1 Å². The molecule has 0 fully saturated rings. The second-order valence-corrected chi connectivity index (χ2v) is 5.76. The highest BCUT2D eigenvalue weighted by atomic mass is 79.9. The zero-order valence-electron chi connectivity index (χ0n) is 8.63. The number of benzene rings is 2. The highest BCUT2D eigenvalue weighted by Gasteiger charge is 2.12. The van der Waals surface area contributed by atoms with Crippen molar-refractivity contribution in [2.24, 2.45) is 0 Å². The average Bonchev–Trinajstić information content (AvgIpc) is 2.32. The molecule has 0 spiro atoms. The molecule has 0 heterocycles. The van der Waals surface area contributed by atoms with Gasteiger partial charge in [0.2, 0.25) is 0 Å². The third kappa shape index (κ3) is 3.17. The summed E-state index contributed by atoms with van der Waals surface area (Å²) in [6.45, 7) is 0. The molecule has 4 heteroatoms. The SMILES string of the molecule is Clc1cccc(C(Br)c2ccc(Cl)c(Cl)c2)c1. The van der Waals surface area contributed by atoms with Crippen LogP contribution >= 0.6 is 50.7 Å². The summed E-state index contributed by atoms with van der Waals surface area (Å²) in [6.07, 6.45) is 0. The van der Waals surface area contributed by atoms with Crippen molar-refractivity contribution in [2.45, 2.75) is 4.83 Å². The van der Waals surface area contributed by atoms with E-state index in [1.54, 1.807) is 6.07 Å². The molecule has 0 aliphatic carbocycles. The van der Waals surface area contributed by atoms with Gasteiger partial charge in [-0.2, -0.15) is 0 Å². The molecule has 0 bridgehead atoms. The molecule has 0 radical (unpaired) electrons. The molecule has 1 atom stereocenters. The molecule has 2 aromatic rings. The highest BCUT2D eigenvalue weighted by Crippen LogP contribution is 2.34. The third-order valence-corrected chi connectivity index (χ3v) is 4.41. The van der Waals surface area contributed by atoms with Crippen molar-refractivity contribution in [1.29, 1.82) is 0 Å². The fourth-order valence-corrected chi connectivity index (χ4v) is 2.60. The summed E-state index contributed by atoms with van der Waals surface area (Å²) in [4.78, 5) is 0.0518. The van der Waals surface area contributed by atoms with Crippen LogP contribution in [0.3, 0.4) is 0 Å². The zero-order valence-corrected chi connectivity index (χ0v) is 12.5. The van der Waals surface area contributed by atoms with Crippen LogP contribution < -0.4 is 0 Å². The first-order valence-corrected chi connectivity index (χ1v) is 6.97. The van der Waals surface area contributed by atoms with Crippen molar-refractivity contribution >= 4 is 50.7 Å². The Labute approximate surface area is 124 Å². The maximum atomic E-state index is 6.00. The van der Waals surface area contributed by atoms with Crippen molar-refractivity contribution in [3.8, 4) is 0 Å². The molecule has 17 heavy (non-hydrogen) atoms. The third-order valence-electron chi connectivity index (χ3n) is 2.38. The summed E-state index contributed by atoms with van der Waals surface area (Å²) in [5, 5.41) is 1.82. The molecule has 0 saturated heterocycles. The first-order valence-electron chi connectivity index (χ1n) is 4.92. The van der Waals surface area contributed by atoms with Gasteiger partial charge in [0.05, 0.1) is 14.9 Å². The lowest BCUT2D eigenvalue weighted by Crippen LogP contribution is -1.92. The smallest absolute Gasteiger partial charge is 0.0645 e. The monoisotopic (exact) mass is 348 g/mol. The number of hydrogen-bond donors (Lipinski definition) is 0. The molecule has 2 aromatic carbocycles. The topological polar surface area (TPSA) is 0 Å². The van der Waals surface area contributed by atoms with Crippen molar-refractivity contribution < 1.29 is 0 Å². The van der Waals surface area contributed by atoms with E-state index in [1.807, 2.05) is 36.4 Å². The lowest BCUT2D eigenvalue weighted by molar-refractivity contribution is 1.18. The van der Waals surface area contributed by atoms with Crippen LogP contribution in [0.2, 0.25) is 15.1 Å². The van der Waals surface area contributed by atoms with E-state index in [9.17, 15) is 0 Å². The summed E-state index contributed by atoms with van der Waals surface area (Å²) in [6, 6.07) is 13.3. The van der Waals surface area contributed by atoms with Gasteiger partial charge in [0, 0.05) is 5.02 Å². The van der Waals surface area contributed by atoms with Gasteiger partial charge in [-0.15, -0.1) is 0 Å². The molecule has 88 valence electrons. The standard InChI is InChI=1S/C13H8BrCl3/c14-13(8-2-1-3-10(15)6-8)9-4-5-11(16)12(17)7-9/h1-7,13H. The number of alkyl halides is 1. The van der Waals surface area contributed by atoms with Crippen LogP contribution in [-0.4, -0.2) is 0 Å². The Balaban J connectivity index is 2.36. The molecular formula is C13H8BrCl3. The minimum Gasteiger partial charge on any atom is -0.0843 e. The number of hydrogen-bond acceptors (Lipinski definition) is 0. The van der Waals surface area contributed by atoms with Crippen molar-refractivity contribution in [1.82, 2.24) is 0 Å². The van der Waals surface area contributed by atoms with E-state index in [4.69, 9.17) is 34.8 Å². The van der Waals surface area contributed by atoms with E-state index < -0.39 is 0 Å². The van der Waals surface area contributed by atoms with Crippen molar-refractivity contribution in [3.05, 3.63) is 68.7 Å². The van der Waals surface area contributed by atoms with E-state index >= 15 is 0 Å². The van der Waals surface area contributed by atoms with E-state index in [-0.39, 0.29) is 4.83 Å². The van der Waals surface area contributed by atoms with Crippen LogP contribution in [-0.2, 0) is 0 Å². The minimum absolute atomic E-state index is 0.0518. The molecule has 0 aromatic heterocycles. The van der Waals surface area contributed by atoms with Crippen LogP contribution in [0.1, 0.15) is 16.0 Å². The first-order chi connectivity index (χ1) is 8.08. The Morgan fingerprint density at radius 1 is 0.824 bits per heavy atom. The quantitative estimate of drug-likeness (QED) is 0.571. The summed E-state index contributed by atoms with van der Waals surface area (Å²) in [5.74, 6) is 0. The van der Waals surface area contributed by atoms with E-state index in [2.05, 4.69) is 15.9 Å². The van der Waals surface area contributed by atoms with E-state index in [0.717, 1.165) is 11.1 Å². The Morgan fingerprint density at radius 2 is 1.53 bits per heavy atom. The summed E-state index contributed by atoms with van der Waals surface area (Å²) in [5.41, 5.74) is 2.12. The fourth-order valence-electron chi connectivity index (χ4n) is 1.53. The molecule has 0 saturated carbocycles. The summed E-state index contributed by atoms with van der Waals surface area (Å²) >= 11 is 21.5. The molecule has 1 unspecified atom stereocenters. The van der Waals surface area contributed by atoms with Crippen molar-refractivity contribution in [3.63, 3.8) is 0 Å². The highest BCUT2D eigenvalue weighted by molar-refractivity contribution is 9.09. The summed E-state index contributed by atoms with van der Waals surface area (Å²) in [7, 11) is 0. The van der Waals surface area contributed by atoms with Crippen LogP contribution in [0.15, 0.2) is 42.5 Å². The Bertz CT molecular complexity index is 540. The predicted molar refractivity (Wildman–Crippen MR) is 78.7 cm³/mol. The zero-order chi connectivity index (χ0) is 12.4. The van der Waals surface area contributed by atoms with Gasteiger partial charge < -0.3 is 0 Å². The Morgan fingerprint density at radius 3 is 2.18 bits per heavy atom. The maximum absolute atomic E-state index is 6.00. The number of rotatable bonds is 2. The van der Waals surface area contributed by atoms with E-state index in [1.165, 1.54) is 0 Å². The molecule has 0 N–H and O–H groups in total. The van der Waals surface area contributed by atoms with Gasteiger partial charge in [-0.1, -0.05) is 68.9 Å². The normalized spacial score (nSPS) is 12.5. The fraction of sp³-hybridized carbons (Fsp3) is 0.0769. The van der Waals surface area contributed by atoms with Crippen LogP contribution in [0.4, 0.5) is 0 Å². The molecule has 0 aliphatic rings. The Kier molecular flexibility index (Phi) is 4.37. The van der Waals surface area contributed by atoms with Gasteiger partial charge in [-0.05, 0) is 35.4 Å². The maximum Gasteiger partial charge on any atom is 0.0645 e. The second-order valence-electron chi connectivity index (χ2n) is 3.59. The Hall–Kier alpha value is -0.210. The lowest BCUT2D eigenvalue weighted by Gasteiger charge is -2.11. The van der Waals surface area contributed by atoms with Gasteiger partial charge in [0.15, 0.2) is 0 Å².